The van der Waals surface area contributed by atoms with Gasteiger partial charge in [0.1, 0.15) is 0 Å². The average Bonchev–Trinajstić information content (AvgIpc) is 2.45. The Morgan fingerprint density at radius 3 is 2.35 bits per heavy atom. The first-order valence-corrected chi connectivity index (χ1v) is 7.72. The first-order valence-electron chi connectivity index (χ1n) is 7.72. The molecule has 2 N–H and O–H groups in total. The fourth-order valence-electron chi connectivity index (χ4n) is 2.39. The van der Waals surface area contributed by atoms with Crippen LogP contribution in [-0.2, 0) is 9.59 Å². The SMILES string of the molecule is CCCN(CC(=O)O)C(C)C(=O)Nc1ccccc1C(C)C.Cl. The summed E-state index contributed by atoms with van der Waals surface area (Å²) in [5.74, 6) is -0.795. The molecule has 0 aliphatic heterocycles. The van der Waals surface area contributed by atoms with E-state index >= 15 is 0 Å². The molecule has 0 fully saturated rings. The molecule has 1 unspecified atom stereocenters. The number of amides is 1. The summed E-state index contributed by atoms with van der Waals surface area (Å²) in [4.78, 5) is 25.1. The van der Waals surface area contributed by atoms with Crippen molar-refractivity contribution in [1.82, 2.24) is 4.90 Å². The molecule has 0 heterocycles. The van der Waals surface area contributed by atoms with Crippen molar-refractivity contribution in [2.45, 2.75) is 46.1 Å². The Morgan fingerprint density at radius 1 is 1.22 bits per heavy atom. The summed E-state index contributed by atoms with van der Waals surface area (Å²) in [6, 6.07) is 7.21. The number of para-hydroxylation sites is 1. The van der Waals surface area contributed by atoms with Crippen LogP contribution in [0.15, 0.2) is 24.3 Å². The van der Waals surface area contributed by atoms with Crippen molar-refractivity contribution in [2.24, 2.45) is 0 Å². The number of rotatable bonds is 8. The number of benzene rings is 1. The second kappa shape index (κ2) is 10.2. The van der Waals surface area contributed by atoms with Crippen molar-refractivity contribution >= 4 is 30.0 Å². The van der Waals surface area contributed by atoms with Crippen LogP contribution < -0.4 is 5.32 Å². The smallest absolute Gasteiger partial charge is 0.317 e. The molecule has 0 bridgehead atoms. The number of carboxylic acid groups (broad SMARTS) is 1. The number of hydrogen-bond donors (Lipinski definition) is 2. The Morgan fingerprint density at radius 2 is 1.83 bits per heavy atom. The fourth-order valence-corrected chi connectivity index (χ4v) is 2.39. The summed E-state index contributed by atoms with van der Waals surface area (Å²) >= 11 is 0. The van der Waals surface area contributed by atoms with Gasteiger partial charge in [-0.3, -0.25) is 14.5 Å². The van der Waals surface area contributed by atoms with Crippen LogP contribution in [0.5, 0.6) is 0 Å². The Labute approximate surface area is 144 Å². The van der Waals surface area contributed by atoms with Crippen molar-refractivity contribution in [3.63, 3.8) is 0 Å². The Hall–Kier alpha value is -1.59. The van der Waals surface area contributed by atoms with Gasteiger partial charge in [0, 0.05) is 5.69 Å². The highest BCUT2D eigenvalue weighted by Gasteiger charge is 2.23. The van der Waals surface area contributed by atoms with Gasteiger partial charge in [-0.2, -0.15) is 0 Å². The minimum atomic E-state index is -0.921. The van der Waals surface area contributed by atoms with E-state index in [2.05, 4.69) is 19.2 Å². The van der Waals surface area contributed by atoms with Gasteiger partial charge in [-0.05, 0) is 37.4 Å². The topological polar surface area (TPSA) is 69.6 Å². The van der Waals surface area contributed by atoms with Crippen LogP contribution in [-0.4, -0.2) is 41.0 Å². The van der Waals surface area contributed by atoms with Gasteiger partial charge in [0.05, 0.1) is 12.6 Å². The van der Waals surface area contributed by atoms with E-state index in [1.165, 1.54) is 0 Å². The molecule has 0 radical (unpaired) electrons. The highest BCUT2D eigenvalue weighted by molar-refractivity contribution is 5.95. The van der Waals surface area contributed by atoms with Crippen LogP contribution in [0.2, 0.25) is 0 Å². The first-order chi connectivity index (χ1) is 10.4. The summed E-state index contributed by atoms with van der Waals surface area (Å²) in [6.07, 6.45) is 0.799. The number of nitrogens with one attached hydrogen (secondary N) is 1. The van der Waals surface area contributed by atoms with E-state index in [0.717, 1.165) is 17.7 Å². The molecular formula is C17H27ClN2O3. The van der Waals surface area contributed by atoms with E-state index in [9.17, 15) is 9.59 Å². The van der Waals surface area contributed by atoms with Gasteiger partial charge in [-0.25, -0.2) is 0 Å². The molecule has 0 aliphatic rings. The van der Waals surface area contributed by atoms with E-state index in [0.29, 0.717) is 12.5 Å². The quantitative estimate of drug-likeness (QED) is 0.760. The number of aliphatic carboxylic acids is 1. The zero-order valence-electron chi connectivity index (χ0n) is 14.2. The maximum absolute atomic E-state index is 12.4. The van der Waals surface area contributed by atoms with Gasteiger partial charge in [0.25, 0.3) is 0 Å². The van der Waals surface area contributed by atoms with Gasteiger partial charge < -0.3 is 10.4 Å². The molecule has 0 saturated carbocycles. The Bertz CT molecular complexity index is 520. The molecule has 5 nitrogen and oxygen atoms in total. The number of anilines is 1. The molecule has 1 atom stereocenters. The van der Waals surface area contributed by atoms with Crippen LogP contribution in [0.3, 0.4) is 0 Å². The highest BCUT2D eigenvalue weighted by Crippen LogP contribution is 2.24. The van der Waals surface area contributed by atoms with Gasteiger partial charge in [-0.1, -0.05) is 39.0 Å². The van der Waals surface area contributed by atoms with Crippen molar-refractivity contribution in [2.75, 3.05) is 18.4 Å². The number of carbonyl (C=O) groups excluding carboxylic acids is 1. The predicted molar refractivity (Wildman–Crippen MR) is 95.4 cm³/mol. The van der Waals surface area contributed by atoms with E-state index in [1.807, 2.05) is 31.2 Å². The van der Waals surface area contributed by atoms with Crippen molar-refractivity contribution in [3.05, 3.63) is 29.8 Å². The third-order valence-corrected chi connectivity index (χ3v) is 3.62. The maximum Gasteiger partial charge on any atom is 0.317 e. The van der Waals surface area contributed by atoms with Gasteiger partial charge in [0.2, 0.25) is 5.91 Å². The number of carbonyl (C=O) groups is 2. The third kappa shape index (κ3) is 6.59. The number of hydrogen-bond acceptors (Lipinski definition) is 3. The second-order valence-corrected chi connectivity index (χ2v) is 5.77. The monoisotopic (exact) mass is 342 g/mol. The molecule has 1 aromatic carbocycles. The van der Waals surface area contributed by atoms with Crippen LogP contribution in [0.4, 0.5) is 5.69 Å². The van der Waals surface area contributed by atoms with Crippen LogP contribution in [0.1, 0.15) is 45.6 Å². The molecule has 1 rings (SSSR count). The fraction of sp³-hybridized carbons (Fsp3) is 0.529. The summed E-state index contributed by atoms with van der Waals surface area (Å²) in [6.45, 7) is 8.30. The molecule has 0 aliphatic carbocycles. The van der Waals surface area contributed by atoms with E-state index < -0.39 is 12.0 Å². The summed E-state index contributed by atoms with van der Waals surface area (Å²) in [5, 5.41) is 11.9. The molecule has 0 saturated heterocycles. The summed E-state index contributed by atoms with van der Waals surface area (Å²) in [7, 11) is 0. The summed E-state index contributed by atoms with van der Waals surface area (Å²) in [5.41, 5.74) is 1.87. The molecular weight excluding hydrogens is 316 g/mol. The molecule has 1 aromatic rings. The highest BCUT2D eigenvalue weighted by atomic mass is 35.5. The van der Waals surface area contributed by atoms with Crippen LogP contribution >= 0.6 is 12.4 Å². The van der Waals surface area contributed by atoms with Crippen LogP contribution in [0.25, 0.3) is 0 Å². The normalized spacial score (nSPS) is 11.9. The molecule has 0 aromatic heterocycles. The van der Waals surface area contributed by atoms with E-state index in [-0.39, 0.29) is 24.9 Å². The van der Waals surface area contributed by atoms with Gasteiger partial charge >= 0.3 is 5.97 Å². The first kappa shape index (κ1) is 21.4. The lowest BCUT2D eigenvalue weighted by Gasteiger charge is -2.26. The van der Waals surface area contributed by atoms with Crippen LogP contribution in [0, 0.1) is 0 Å². The minimum Gasteiger partial charge on any atom is -0.480 e. The zero-order chi connectivity index (χ0) is 16.7. The zero-order valence-corrected chi connectivity index (χ0v) is 15.0. The maximum atomic E-state index is 12.4. The standard InChI is InChI=1S/C17H26N2O3.ClH/c1-5-10-19(11-16(20)21)13(4)17(22)18-15-9-7-6-8-14(15)12(2)3;/h6-9,12-13H,5,10-11H2,1-4H3,(H,18,22)(H,20,21);1H. The molecule has 23 heavy (non-hydrogen) atoms. The molecule has 130 valence electrons. The molecule has 0 spiro atoms. The lowest BCUT2D eigenvalue weighted by atomic mass is 10.0. The predicted octanol–water partition coefficient (Wildman–Crippen LogP) is 3.36. The van der Waals surface area contributed by atoms with Gasteiger partial charge in [0.15, 0.2) is 0 Å². The van der Waals surface area contributed by atoms with Crippen molar-refractivity contribution in [1.29, 1.82) is 0 Å². The van der Waals surface area contributed by atoms with E-state index in [1.54, 1.807) is 11.8 Å². The number of nitrogens with zero attached hydrogens (tertiary/aromatic N) is 1. The largest absolute Gasteiger partial charge is 0.480 e. The Kier molecular flexibility index (Phi) is 9.53. The molecule has 1 amide bonds. The average molecular weight is 343 g/mol. The second-order valence-electron chi connectivity index (χ2n) is 5.77. The van der Waals surface area contributed by atoms with E-state index in [4.69, 9.17) is 5.11 Å². The number of halogens is 1. The lowest BCUT2D eigenvalue weighted by molar-refractivity contribution is -0.139. The molecule has 6 heteroatoms. The lowest BCUT2D eigenvalue weighted by Crippen LogP contribution is -2.45. The Balaban J connectivity index is 0.00000484. The van der Waals surface area contributed by atoms with Gasteiger partial charge in [-0.15, -0.1) is 12.4 Å². The summed E-state index contributed by atoms with van der Waals surface area (Å²) < 4.78 is 0. The third-order valence-electron chi connectivity index (χ3n) is 3.62. The minimum absolute atomic E-state index is 0. The van der Waals surface area contributed by atoms with Crippen molar-refractivity contribution < 1.29 is 14.7 Å². The van der Waals surface area contributed by atoms with Crippen molar-refractivity contribution in [3.8, 4) is 0 Å². The number of carboxylic acids is 1.